The lowest BCUT2D eigenvalue weighted by atomic mass is 10.2. The molecular formula is C15H15BrO. The van der Waals surface area contributed by atoms with E-state index in [1.165, 1.54) is 11.1 Å². The molecule has 0 radical (unpaired) electrons. The minimum Gasteiger partial charge on any atom is -0.489 e. The molecule has 0 saturated carbocycles. The molecule has 0 N–H and O–H groups in total. The number of hydrogen-bond donors (Lipinski definition) is 0. The van der Waals surface area contributed by atoms with Gasteiger partial charge in [0.25, 0.3) is 0 Å². The van der Waals surface area contributed by atoms with Crippen molar-refractivity contribution in [1.82, 2.24) is 0 Å². The largest absolute Gasteiger partial charge is 0.489 e. The smallest absolute Gasteiger partial charge is 0.120 e. The minimum atomic E-state index is 0.624. The number of alkyl halides is 1. The first-order valence-corrected chi connectivity index (χ1v) is 6.82. The van der Waals surface area contributed by atoms with Crippen LogP contribution in [0, 0.1) is 0 Å². The Hall–Kier alpha value is -1.28. The van der Waals surface area contributed by atoms with E-state index in [2.05, 4.69) is 40.2 Å². The fraction of sp³-hybridized carbons (Fsp3) is 0.200. The van der Waals surface area contributed by atoms with E-state index in [1.807, 2.05) is 30.3 Å². The molecule has 0 atom stereocenters. The Bertz CT molecular complexity index is 453. The van der Waals surface area contributed by atoms with Gasteiger partial charge in [0, 0.05) is 5.33 Å². The van der Waals surface area contributed by atoms with E-state index >= 15 is 0 Å². The number of halogens is 1. The van der Waals surface area contributed by atoms with Crippen molar-refractivity contribution in [1.29, 1.82) is 0 Å². The van der Waals surface area contributed by atoms with Crippen LogP contribution in [0.25, 0.3) is 0 Å². The highest BCUT2D eigenvalue weighted by molar-refractivity contribution is 9.09. The van der Waals surface area contributed by atoms with Gasteiger partial charge in [0.15, 0.2) is 0 Å². The molecule has 2 aromatic rings. The van der Waals surface area contributed by atoms with Crippen molar-refractivity contribution >= 4 is 15.9 Å². The Morgan fingerprint density at radius 3 is 2.41 bits per heavy atom. The SMILES string of the molecule is BrCCc1cccc(OCc2ccccc2)c1. The highest BCUT2D eigenvalue weighted by Gasteiger charge is 1.97. The van der Waals surface area contributed by atoms with Crippen molar-refractivity contribution in [3.63, 3.8) is 0 Å². The molecule has 1 nitrogen and oxygen atoms in total. The lowest BCUT2D eigenvalue weighted by Crippen LogP contribution is -1.95. The number of benzene rings is 2. The summed E-state index contributed by atoms with van der Waals surface area (Å²) in [6.45, 7) is 0.624. The van der Waals surface area contributed by atoms with E-state index in [9.17, 15) is 0 Å². The molecule has 2 rings (SSSR count). The second kappa shape index (κ2) is 6.45. The third-order valence-corrected chi connectivity index (χ3v) is 2.93. The Labute approximate surface area is 111 Å². The molecule has 0 saturated heterocycles. The van der Waals surface area contributed by atoms with Gasteiger partial charge in [-0.1, -0.05) is 58.4 Å². The Balaban J connectivity index is 1.97. The van der Waals surface area contributed by atoms with Gasteiger partial charge in [-0.3, -0.25) is 0 Å². The van der Waals surface area contributed by atoms with Gasteiger partial charge in [-0.2, -0.15) is 0 Å². The van der Waals surface area contributed by atoms with Crippen molar-refractivity contribution in [3.05, 3.63) is 65.7 Å². The van der Waals surface area contributed by atoms with Crippen LogP contribution in [0.3, 0.4) is 0 Å². The van der Waals surface area contributed by atoms with Crippen molar-refractivity contribution in [2.24, 2.45) is 0 Å². The van der Waals surface area contributed by atoms with Gasteiger partial charge >= 0.3 is 0 Å². The van der Waals surface area contributed by atoms with Crippen molar-refractivity contribution in [3.8, 4) is 5.75 Å². The van der Waals surface area contributed by atoms with E-state index in [0.29, 0.717) is 6.61 Å². The number of aryl methyl sites for hydroxylation is 1. The van der Waals surface area contributed by atoms with Crippen LogP contribution in [0.1, 0.15) is 11.1 Å². The first kappa shape index (κ1) is 12.2. The molecule has 0 aliphatic carbocycles. The average Bonchev–Trinajstić information content (AvgIpc) is 2.39. The molecule has 17 heavy (non-hydrogen) atoms. The second-order valence-electron chi connectivity index (χ2n) is 3.86. The molecule has 0 aliphatic heterocycles. The molecule has 0 unspecified atom stereocenters. The van der Waals surface area contributed by atoms with Crippen LogP contribution in [0.15, 0.2) is 54.6 Å². The highest BCUT2D eigenvalue weighted by Crippen LogP contribution is 2.16. The van der Waals surface area contributed by atoms with Crippen LogP contribution in [-0.2, 0) is 13.0 Å². The lowest BCUT2D eigenvalue weighted by molar-refractivity contribution is 0.306. The molecule has 0 aliphatic rings. The van der Waals surface area contributed by atoms with Gasteiger partial charge in [-0.25, -0.2) is 0 Å². The quantitative estimate of drug-likeness (QED) is 0.750. The van der Waals surface area contributed by atoms with Crippen molar-refractivity contribution in [2.75, 3.05) is 5.33 Å². The Morgan fingerprint density at radius 2 is 1.65 bits per heavy atom. The lowest BCUT2D eigenvalue weighted by Gasteiger charge is -2.07. The van der Waals surface area contributed by atoms with E-state index in [-0.39, 0.29) is 0 Å². The summed E-state index contributed by atoms with van der Waals surface area (Å²) in [5.41, 5.74) is 2.49. The number of ether oxygens (including phenoxy) is 1. The van der Waals surface area contributed by atoms with E-state index < -0.39 is 0 Å². The zero-order chi connectivity index (χ0) is 11.9. The van der Waals surface area contributed by atoms with E-state index in [0.717, 1.165) is 17.5 Å². The van der Waals surface area contributed by atoms with Gasteiger partial charge < -0.3 is 4.74 Å². The van der Waals surface area contributed by atoms with E-state index in [1.54, 1.807) is 0 Å². The third kappa shape index (κ3) is 3.90. The van der Waals surface area contributed by atoms with Crippen LogP contribution < -0.4 is 4.74 Å². The van der Waals surface area contributed by atoms with Crippen LogP contribution in [0.4, 0.5) is 0 Å². The summed E-state index contributed by atoms with van der Waals surface area (Å²) in [6, 6.07) is 18.5. The van der Waals surface area contributed by atoms with Gasteiger partial charge in [0.05, 0.1) is 0 Å². The molecule has 2 heteroatoms. The van der Waals surface area contributed by atoms with Crippen LogP contribution in [0.5, 0.6) is 5.75 Å². The molecule has 0 amide bonds. The number of hydrogen-bond acceptors (Lipinski definition) is 1. The molecule has 0 heterocycles. The van der Waals surface area contributed by atoms with Crippen molar-refractivity contribution < 1.29 is 4.74 Å². The first-order valence-electron chi connectivity index (χ1n) is 5.70. The van der Waals surface area contributed by atoms with Gasteiger partial charge in [-0.15, -0.1) is 0 Å². The van der Waals surface area contributed by atoms with Crippen molar-refractivity contribution in [2.45, 2.75) is 13.0 Å². The van der Waals surface area contributed by atoms with Crippen LogP contribution in [-0.4, -0.2) is 5.33 Å². The zero-order valence-corrected chi connectivity index (χ0v) is 11.2. The maximum atomic E-state index is 5.76. The van der Waals surface area contributed by atoms with E-state index in [4.69, 9.17) is 4.74 Å². The zero-order valence-electron chi connectivity index (χ0n) is 9.60. The van der Waals surface area contributed by atoms with Crippen LogP contribution >= 0.6 is 15.9 Å². The predicted molar refractivity (Wildman–Crippen MR) is 74.7 cm³/mol. The molecule has 2 aromatic carbocycles. The molecule has 0 bridgehead atoms. The summed E-state index contributed by atoms with van der Waals surface area (Å²) in [4.78, 5) is 0. The molecular weight excluding hydrogens is 276 g/mol. The van der Waals surface area contributed by atoms with Gasteiger partial charge in [-0.05, 0) is 29.7 Å². The first-order chi connectivity index (χ1) is 8.38. The summed E-state index contributed by atoms with van der Waals surface area (Å²) in [5.74, 6) is 0.937. The summed E-state index contributed by atoms with van der Waals surface area (Å²) in [7, 11) is 0. The minimum absolute atomic E-state index is 0.624. The standard InChI is InChI=1S/C15H15BrO/c16-10-9-13-7-4-8-15(11-13)17-12-14-5-2-1-3-6-14/h1-8,11H,9-10,12H2. The maximum absolute atomic E-state index is 5.76. The summed E-state index contributed by atoms with van der Waals surface area (Å²) < 4.78 is 5.76. The summed E-state index contributed by atoms with van der Waals surface area (Å²) in [6.07, 6.45) is 1.03. The highest BCUT2D eigenvalue weighted by atomic mass is 79.9. The normalized spacial score (nSPS) is 10.2. The molecule has 0 spiro atoms. The fourth-order valence-electron chi connectivity index (χ4n) is 1.64. The fourth-order valence-corrected chi connectivity index (χ4v) is 2.10. The second-order valence-corrected chi connectivity index (χ2v) is 4.65. The molecule has 0 aromatic heterocycles. The number of rotatable bonds is 5. The molecule has 88 valence electrons. The Kier molecular flexibility index (Phi) is 4.63. The predicted octanol–water partition coefficient (Wildman–Crippen LogP) is 4.20. The Morgan fingerprint density at radius 1 is 0.882 bits per heavy atom. The summed E-state index contributed by atoms with van der Waals surface area (Å²) >= 11 is 3.45. The van der Waals surface area contributed by atoms with Gasteiger partial charge in [0.2, 0.25) is 0 Å². The third-order valence-electron chi connectivity index (χ3n) is 2.53. The summed E-state index contributed by atoms with van der Waals surface area (Å²) in [5, 5.41) is 0.981. The monoisotopic (exact) mass is 290 g/mol. The van der Waals surface area contributed by atoms with Crippen LogP contribution in [0.2, 0.25) is 0 Å². The molecule has 0 fully saturated rings. The topological polar surface area (TPSA) is 9.23 Å². The average molecular weight is 291 g/mol. The maximum Gasteiger partial charge on any atom is 0.120 e. The van der Waals surface area contributed by atoms with Gasteiger partial charge in [0.1, 0.15) is 12.4 Å².